The number of nitrogens with two attached hydrogens (primary N) is 2. The third kappa shape index (κ3) is 11.8. The summed E-state index contributed by atoms with van der Waals surface area (Å²) in [5.41, 5.74) is 19.3. The molecule has 10 rings (SSSR count). The lowest BCUT2D eigenvalue weighted by Crippen LogP contribution is -2.69. The maximum Gasteiger partial charge on any atom is 0.287 e. The Morgan fingerprint density at radius 3 is 1.65 bits per heavy atom. The van der Waals surface area contributed by atoms with Crippen molar-refractivity contribution in [3.05, 3.63) is 179 Å². The molecule has 0 aromatic heterocycles. The predicted molar refractivity (Wildman–Crippen MR) is 265 cm³/mol. The van der Waals surface area contributed by atoms with E-state index in [9.17, 15) is 5.11 Å². The van der Waals surface area contributed by atoms with E-state index in [-0.39, 0.29) is 39.6 Å². The van der Waals surface area contributed by atoms with Crippen molar-refractivity contribution in [3.8, 4) is 0 Å². The topological polar surface area (TPSA) is 189 Å². The molecule has 5 N–H and O–H groups in total. The molecule has 0 amide bonds. The number of aliphatic imine (C=N–C) groups is 1. The van der Waals surface area contributed by atoms with Crippen molar-refractivity contribution in [1.82, 2.24) is 4.90 Å². The molecule has 4 heterocycles. The maximum absolute atomic E-state index is 12.2. The Hall–Kier alpha value is -5.15. The molecule has 1 aliphatic carbocycles. The molecular formula is C56H66N4O12. The lowest BCUT2D eigenvalue weighted by Gasteiger charge is -2.51. The fraction of sp³-hybridized carbons (Fsp3) is 0.446. The molecule has 0 spiro atoms. The molecule has 0 bridgehead atoms. The van der Waals surface area contributed by atoms with Crippen molar-refractivity contribution in [2.45, 2.75) is 118 Å². The molecule has 5 aromatic rings. The number of amidine groups is 1. The number of aliphatic hydroxyl groups excluding tert-OH is 1. The van der Waals surface area contributed by atoms with Gasteiger partial charge in [-0.1, -0.05) is 152 Å². The Labute approximate surface area is 420 Å². The van der Waals surface area contributed by atoms with Crippen LogP contribution >= 0.6 is 0 Å². The highest BCUT2D eigenvalue weighted by molar-refractivity contribution is 5.75. The minimum atomic E-state index is -1.14. The number of hydrogen-bond donors (Lipinski definition) is 3. The largest absolute Gasteiger partial charge is 0.459 e. The Morgan fingerprint density at radius 2 is 1.07 bits per heavy atom. The molecule has 3 saturated heterocycles. The lowest BCUT2D eigenvalue weighted by atomic mass is 9.94. The van der Waals surface area contributed by atoms with E-state index in [1.165, 1.54) is 0 Å². The zero-order valence-electron chi connectivity index (χ0n) is 40.6. The SMILES string of the molecule is CN(C)C1=N[C@@H]2[C@@H](O[C@@H]3O[C@H](COCc4ccccc4)[C@@H](O[C@@H]4O[C@@H]5COC(c6ccccc6)O[C@H]5[C@@H](OCc5ccccc5)[C@H]4N)[C@@H](OCc4ccccc4)[C@H]3N)[C@H](O)[C@@H](COCc3ccccc3)[C@@H]2O1. The number of fused-ring (bicyclic) bond motifs is 2. The molecule has 382 valence electrons. The summed E-state index contributed by atoms with van der Waals surface area (Å²) >= 11 is 0. The van der Waals surface area contributed by atoms with Crippen molar-refractivity contribution in [3.63, 3.8) is 0 Å². The highest BCUT2D eigenvalue weighted by Crippen LogP contribution is 2.41. The second-order valence-corrected chi connectivity index (χ2v) is 19.2. The van der Waals surface area contributed by atoms with E-state index in [4.69, 9.17) is 68.6 Å². The molecule has 16 heteroatoms. The number of rotatable bonds is 19. The van der Waals surface area contributed by atoms with Gasteiger partial charge >= 0.3 is 0 Å². The van der Waals surface area contributed by atoms with Crippen LogP contribution < -0.4 is 11.5 Å². The third-order valence-electron chi connectivity index (χ3n) is 13.9. The van der Waals surface area contributed by atoms with E-state index < -0.39 is 97.8 Å². The fourth-order valence-electron chi connectivity index (χ4n) is 10.1. The van der Waals surface area contributed by atoms with Crippen LogP contribution in [0.1, 0.15) is 34.1 Å². The van der Waals surface area contributed by atoms with Crippen LogP contribution in [-0.4, -0.2) is 136 Å². The van der Waals surface area contributed by atoms with Gasteiger partial charge in [-0.25, -0.2) is 4.99 Å². The minimum absolute atomic E-state index is 0.0333. The molecule has 4 aliphatic heterocycles. The summed E-state index contributed by atoms with van der Waals surface area (Å²) in [6, 6.07) is 47.2. The quantitative estimate of drug-likeness (QED) is 0.0972. The van der Waals surface area contributed by atoms with Gasteiger partial charge in [-0.15, -0.1) is 0 Å². The van der Waals surface area contributed by atoms with Gasteiger partial charge in [-0.2, -0.15) is 0 Å². The number of benzene rings is 5. The normalized spacial score (nSPS) is 33.1. The Bertz CT molecular complexity index is 2450. The Morgan fingerprint density at radius 1 is 0.569 bits per heavy atom. The van der Waals surface area contributed by atoms with E-state index in [0.29, 0.717) is 12.6 Å². The summed E-state index contributed by atoms with van der Waals surface area (Å²) in [6.07, 6.45) is -9.98. The van der Waals surface area contributed by atoms with Gasteiger partial charge in [0.1, 0.15) is 54.9 Å². The average Bonchev–Trinajstić information content (AvgIpc) is 3.95. The van der Waals surface area contributed by atoms with Crippen LogP contribution in [0.2, 0.25) is 0 Å². The third-order valence-corrected chi connectivity index (χ3v) is 13.9. The molecular weight excluding hydrogens is 921 g/mol. The lowest BCUT2D eigenvalue weighted by molar-refractivity contribution is -0.370. The second kappa shape index (κ2) is 23.8. The Kier molecular flexibility index (Phi) is 16.7. The average molecular weight is 987 g/mol. The zero-order valence-corrected chi connectivity index (χ0v) is 40.6. The Balaban J connectivity index is 0.937. The van der Waals surface area contributed by atoms with Crippen molar-refractivity contribution in [2.75, 3.05) is 33.9 Å². The van der Waals surface area contributed by atoms with Gasteiger partial charge in [0.2, 0.25) is 0 Å². The highest BCUT2D eigenvalue weighted by Gasteiger charge is 2.59. The van der Waals surface area contributed by atoms with Gasteiger partial charge in [0.25, 0.3) is 6.02 Å². The molecule has 0 radical (unpaired) electrons. The van der Waals surface area contributed by atoms with E-state index in [1.54, 1.807) is 4.90 Å². The van der Waals surface area contributed by atoms with Crippen molar-refractivity contribution in [1.29, 1.82) is 0 Å². The van der Waals surface area contributed by atoms with E-state index in [0.717, 1.165) is 27.8 Å². The van der Waals surface area contributed by atoms with Crippen LogP contribution in [0.25, 0.3) is 0 Å². The van der Waals surface area contributed by atoms with Gasteiger partial charge in [-0.3, -0.25) is 0 Å². The fourth-order valence-corrected chi connectivity index (χ4v) is 10.1. The van der Waals surface area contributed by atoms with Crippen LogP contribution in [0.5, 0.6) is 0 Å². The van der Waals surface area contributed by atoms with Crippen LogP contribution in [-0.2, 0) is 78.5 Å². The zero-order chi connectivity index (χ0) is 49.4. The summed E-state index contributed by atoms with van der Waals surface area (Å²) in [4.78, 5) is 6.72. The molecule has 5 aromatic carbocycles. The van der Waals surface area contributed by atoms with Gasteiger partial charge in [0.05, 0.1) is 70.4 Å². The van der Waals surface area contributed by atoms with Gasteiger partial charge < -0.3 is 73.6 Å². The van der Waals surface area contributed by atoms with E-state index in [1.807, 2.05) is 166 Å². The van der Waals surface area contributed by atoms with Crippen molar-refractivity contribution >= 4 is 6.02 Å². The van der Waals surface area contributed by atoms with Gasteiger partial charge in [-0.05, 0) is 22.3 Å². The van der Waals surface area contributed by atoms with Gasteiger partial charge in [0, 0.05) is 19.7 Å². The first-order chi connectivity index (χ1) is 35.3. The monoisotopic (exact) mass is 986 g/mol. The van der Waals surface area contributed by atoms with Crippen molar-refractivity contribution < 1.29 is 57.2 Å². The molecule has 72 heavy (non-hydrogen) atoms. The number of ether oxygens (including phenoxy) is 11. The van der Waals surface area contributed by atoms with Crippen molar-refractivity contribution in [2.24, 2.45) is 22.4 Å². The first kappa shape index (κ1) is 50.4. The summed E-state index contributed by atoms with van der Waals surface area (Å²) in [5, 5.41) is 12.2. The molecule has 4 fully saturated rings. The van der Waals surface area contributed by atoms with Crippen LogP contribution in [0.15, 0.2) is 157 Å². The smallest absolute Gasteiger partial charge is 0.287 e. The molecule has 16 nitrogen and oxygen atoms in total. The standard InChI is InChI=1S/C56H66N4O12/c1-60(2)56-59-45-47(72-56)40(32-62-28-35-18-8-3-9-19-35)46(61)52(45)71-55-44(58)50(64-30-37-22-12-5-13-23-37)48(41(67-55)33-63-29-36-20-10-4-11-21-36)70-54-43(57)51(65-31-38-24-14-6-15-25-38)49-42(68-54)34-66-53(69-49)39-26-16-7-17-27-39/h3-27,40-55,61H,28-34,57-58H2,1-2H3/t40-,41-,42-,43-,44-,45+,46-,47+,48-,49-,50+,51+,52-,53?,54+,55+/m1/s1. The molecule has 5 aliphatic rings. The molecule has 16 atom stereocenters. The predicted octanol–water partition coefficient (Wildman–Crippen LogP) is 5.26. The number of hydrogen-bond acceptors (Lipinski definition) is 16. The summed E-state index contributed by atoms with van der Waals surface area (Å²) < 4.78 is 73.2. The van der Waals surface area contributed by atoms with E-state index >= 15 is 0 Å². The van der Waals surface area contributed by atoms with Crippen LogP contribution in [0.4, 0.5) is 0 Å². The minimum Gasteiger partial charge on any atom is -0.459 e. The van der Waals surface area contributed by atoms with Crippen LogP contribution in [0.3, 0.4) is 0 Å². The second-order valence-electron chi connectivity index (χ2n) is 19.2. The summed E-state index contributed by atoms with van der Waals surface area (Å²) in [5.74, 6) is -0.488. The highest BCUT2D eigenvalue weighted by atomic mass is 16.8. The molecule has 1 unspecified atom stereocenters. The van der Waals surface area contributed by atoms with E-state index in [2.05, 4.69) is 0 Å². The first-order valence-corrected chi connectivity index (χ1v) is 24.9. The van der Waals surface area contributed by atoms with Gasteiger partial charge in [0.15, 0.2) is 18.9 Å². The summed E-state index contributed by atoms with van der Waals surface area (Å²) in [7, 11) is 3.72. The number of nitrogens with zero attached hydrogens (tertiary/aromatic N) is 2. The molecule has 1 saturated carbocycles. The number of aliphatic hydroxyl groups is 1. The maximum atomic E-state index is 12.2. The first-order valence-electron chi connectivity index (χ1n) is 24.9. The van der Waals surface area contributed by atoms with Crippen LogP contribution in [0, 0.1) is 5.92 Å². The summed E-state index contributed by atoms with van der Waals surface area (Å²) in [6.45, 7) is 1.51.